The first-order valence-corrected chi connectivity index (χ1v) is 4.92. The smallest absolute Gasteiger partial charge is 0.101 e. The van der Waals surface area contributed by atoms with E-state index in [4.69, 9.17) is 16.9 Å². The van der Waals surface area contributed by atoms with Gasteiger partial charge >= 0.3 is 0 Å². The lowest BCUT2D eigenvalue weighted by Crippen LogP contribution is -2.15. The number of benzene rings is 1. The molecule has 0 heterocycles. The van der Waals surface area contributed by atoms with Crippen LogP contribution in [0.5, 0.6) is 0 Å². The van der Waals surface area contributed by atoms with Crippen LogP contribution in [-0.4, -0.2) is 6.04 Å². The summed E-state index contributed by atoms with van der Waals surface area (Å²) >= 11 is 0. The summed E-state index contributed by atoms with van der Waals surface area (Å²) < 4.78 is 0. The van der Waals surface area contributed by atoms with Gasteiger partial charge in [0.15, 0.2) is 0 Å². The molecule has 0 aliphatic carbocycles. The van der Waals surface area contributed by atoms with Crippen molar-refractivity contribution >= 4 is 5.69 Å². The van der Waals surface area contributed by atoms with Gasteiger partial charge in [0.1, 0.15) is 12.1 Å². The zero-order chi connectivity index (χ0) is 12.0. The van der Waals surface area contributed by atoms with Crippen molar-refractivity contribution in [3.63, 3.8) is 0 Å². The Bertz CT molecular complexity index is 497. The first-order valence-electron chi connectivity index (χ1n) is 4.92. The summed E-state index contributed by atoms with van der Waals surface area (Å²) in [6, 6.07) is 8.89. The van der Waals surface area contributed by atoms with Crippen molar-refractivity contribution in [2.24, 2.45) is 0 Å². The van der Waals surface area contributed by atoms with E-state index in [1.54, 1.807) is 18.2 Å². The number of rotatable bonds is 3. The highest BCUT2D eigenvalue weighted by molar-refractivity contribution is 5.57. The largest absolute Gasteiger partial charge is 0.372 e. The van der Waals surface area contributed by atoms with Gasteiger partial charge in [0.2, 0.25) is 0 Å². The third kappa shape index (κ3) is 2.53. The highest BCUT2D eigenvalue weighted by Gasteiger charge is 2.05. The normalized spacial score (nSPS) is 10.6. The van der Waals surface area contributed by atoms with Crippen molar-refractivity contribution in [1.82, 2.24) is 0 Å². The van der Waals surface area contributed by atoms with E-state index >= 15 is 0 Å². The maximum atomic E-state index is 8.85. The van der Waals surface area contributed by atoms with E-state index in [1.165, 1.54) is 0 Å². The second kappa shape index (κ2) is 5.44. The van der Waals surface area contributed by atoms with Crippen LogP contribution in [0, 0.1) is 35.0 Å². The Morgan fingerprint density at radius 3 is 2.50 bits per heavy atom. The van der Waals surface area contributed by atoms with Gasteiger partial charge in [-0.3, -0.25) is 0 Å². The molecule has 1 N–H and O–H groups in total. The number of hydrogen-bond donors (Lipinski definition) is 1. The second-order valence-electron chi connectivity index (χ2n) is 3.26. The van der Waals surface area contributed by atoms with Crippen molar-refractivity contribution in [3.8, 4) is 24.5 Å². The molecular formula is C13H11N3. The molecule has 1 rings (SSSR count). The Labute approximate surface area is 95.3 Å². The van der Waals surface area contributed by atoms with E-state index in [9.17, 15) is 0 Å². The molecule has 0 radical (unpaired) electrons. The molecule has 0 aromatic heterocycles. The van der Waals surface area contributed by atoms with Crippen LogP contribution in [0.2, 0.25) is 0 Å². The molecule has 16 heavy (non-hydrogen) atoms. The maximum absolute atomic E-state index is 8.85. The van der Waals surface area contributed by atoms with Gasteiger partial charge in [-0.05, 0) is 24.6 Å². The fourth-order valence-corrected chi connectivity index (χ4v) is 1.29. The van der Waals surface area contributed by atoms with E-state index in [0.29, 0.717) is 11.1 Å². The molecule has 0 bridgehead atoms. The maximum Gasteiger partial charge on any atom is 0.101 e. The minimum atomic E-state index is -0.0560. The highest BCUT2D eigenvalue weighted by Crippen LogP contribution is 2.15. The summed E-state index contributed by atoms with van der Waals surface area (Å²) in [5.41, 5.74) is 1.50. The summed E-state index contributed by atoms with van der Waals surface area (Å²) in [5, 5.41) is 20.7. The first kappa shape index (κ1) is 11.6. The van der Waals surface area contributed by atoms with Gasteiger partial charge in [-0.2, -0.15) is 10.5 Å². The lowest BCUT2D eigenvalue weighted by molar-refractivity contribution is 0.858. The molecule has 3 nitrogen and oxygen atoms in total. The average molecular weight is 209 g/mol. The lowest BCUT2D eigenvalue weighted by atomic mass is 10.1. The molecular weight excluding hydrogens is 198 g/mol. The predicted octanol–water partition coefficient (Wildman–Crippen LogP) is 2.25. The summed E-state index contributed by atoms with van der Waals surface area (Å²) in [7, 11) is 0. The molecule has 0 aliphatic heterocycles. The van der Waals surface area contributed by atoms with Crippen LogP contribution < -0.4 is 5.32 Å². The minimum Gasteiger partial charge on any atom is -0.372 e. The SMILES string of the molecule is C#CC(CC)Nc1ccc(C#N)c(C#N)c1. The van der Waals surface area contributed by atoms with Crippen molar-refractivity contribution in [1.29, 1.82) is 10.5 Å². The molecule has 1 unspecified atom stereocenters. The van der Waals surface area contributed by atoms with Gasteiger partial charge in [-0.25, -0.2) is 0 Å². The van der Waals surface area contributed by atoms with Crippen LogP contribution in [0.25, 0.3) is 0 Å². The number of anilines is 1. The number of hydrogen-bond acceptors (Lipinski definition) is 3. The molecule has 0 saturated carbocycles. The van der Waals surface area contributed by atoms with E-state index in [-0.39, 0.29) is 6.04 Å². The highest BCUT2D eigenvalue weighted by atomic mass is 14.9. The Kier molecular flexibility index (Phi) is 3.96. The molecule has 1 aromatic rings. The van der Waals surface area contributed by atoms with Crippen molar-refractivity contribution < 1.29 is 0 Å². The van der Waals surface area contributed by atoms with E-state index in [2.05, 4.69) is 11.2 Å². The summed E-state index contributed by atoms with van der Waals surface area (Å²) in [5.74, 6) is 2.61. The van der Waals surface area contributed by atoms with Crippen LogP contribution in [0.4, 0.5) is 5.69 Å². The quantitative estimate of drug-likeness (QED) is 0.777. The van der Waals surface area contributed by atoms with E-state index < -0.39 is 0 Å². The summed E-state index contributed by atoms with van der Waals surface area (Å²) in [6.07, 6.45) is 6.13. The Hall–Kier alpha value is -2.44. The van der Waals surface area contributed by atoms with E-state index in [1.807, 2.05) is 19.1 Å². The van der Waals surface area contributed by atoms with Crippen LogP contribution in [-0.2, 0) is 0 Å². The van der Waals surface area contributed by atoms with Gasteiger partial charge in [0.25, 0.3) is 0 Å². The van der Waals surface area contributed by atoms with Crippen molar-refractivity contribution in [3.05, 3.63) is 29.3 Å². The fraction of sp³-hybridized carbons (Fsp3) is 0.231. The minimum absolute atomic E-state index is 0.0560. The van der Waals surface area contributed by atoms with Gasteiger partial charge in [0, 0.05) is 5.69 Å². The van der Waals surface area contributed by atoms with Gasteiger partial charge < -0.3 is 5.32 Å². The van der Waals surface area contributed by atoms with Crippen LogP contribution in [0.1, 0.15) is 24.5 Å². The fourth-order valence-electron chi connectivity index (χ4n) is 1.29. The van der Waals surface area contributed by atoms with Crippen molar-refractivity contribution in [2.75, 3.05) is 5.32 Å². The average Bonchev–Trinajstić information content (AvgIpc) is 2.35. The zero-order valence-corrected chi connectivity index (χ0v) is 8.99. The molecule has 0 aliphatic rings. The standard InChI is InChI=1S/C13H11N3/c1-3-12(4-2)16-13-6-5-10(8-14)11(7-13)9-15/h1,5-7,12,16H,4H2,2H3. The van der Waals surface area contributed by atoms with Gasteiger partial charge in [-0.15, -0.1) is 6.42 Å². The molecule has 1 aromatic carbocycles. The third-order valence-corrected chi connectivity index (χ3v) is 2.21. The van der Waals surface area contributed by atoms with Crippen LogP contribution in [0.3, 0.4) is 0 Å². The van der Waals surface area contributed by atoms with Gasteiger partial charge in [0.05, 0.1) is 17.2 Å². The lowest BCUT2D eigenvalue weighted by Gasteiger charge is -2.12. The number of terminal acetylenes is 1. The summed E-state index contributed by atoms with van der Waals surface area (Å²) in [6.45, 7) is 1.98. The number of nitrogens with zero attached hydrogens (tertiary/aromatic N) is 2. The molecule has 1 atom stereocenters. The summed E-state index contributed by atoms with van der Waals surface area (Å²) in [4.78, 5) is 0. The van der Waals surface area contributed by atoms with Crippen LogP contribution >= 0.6 is 0 Å². The Balaban J connectivity index is 2.98. The van der Waals surface area contributed by atoms with E-state index in [0.717, 1.165) is 12.1 Å². The second-order valence-corrected chi connectivity index (χ2v) is 3.26. The monoisotopic (exact) mass is 209 g/mol. The number of nitrogens with one attached hydrogen (secondary N) is 1. The molecule has 78 valence electrons. The van der Waals surface area contributed by atoms with Crippen LogP contribution in [0.15, 0.2) is 18.2 Å². The predicted molar refractivity (Wildman–Crippen MR) is 62.4 cm³/mol. The molecule has 3 heteroatoms. The van der Waals surface area contributed by atoms with Gasteiger partial charge in [-0.1, -0.05) is 12.8 Å². The molecule has 0 fully saturated rings. The third-order valence-electron chi connectivity index (χ3n) is 2.21. The molecule has 0 spiro atoms. The van der Waals surface area contributed by atoms with Crippen molar-refractivity contribution in [2.45, 2.75) is 19.4 Å². The zero-order valence-electron chi connectivity index (χ0n) is 8.99. The Morgan fingerprint density at radius 1 is 1.31 bits per heavy atom. The number of nitriles is 2. The molecule has 0 amide bonds. The first-order chi connectivity index (χ1) is 7.74. The topological polar surface area (TPSA) is 59.6 Å². The molecule has 0 saturated heterocycles. The Morgan fingerprint density at radius 2 is 2.00 bits per heavy atom.